The van der Waals surface area contributed by atoms with Gasteiger partial charge < -0.3 is 15.0 Å². The fraction of sp³-hybridized carbons (Fsp3) is 0.385. The van der Waals surface area contributed by atoms with Crippen molar-refractivity contribution in [2.24, 2.45) is 5.73 Å². The van der Waals surface area contributed by atoms with Crippen molar-refractivity contribution in [2.75, 3.05) is 13.2 Å². The molecule has 2 aromatic rings. The predicted molar refractivity (Wildman–Crippen MR) is 75.4 cm³/mol. The number of aromatic nitrogens is 2. The number of nitrogens with zero attached hydrogens (tertiary/aromatic N) is 2. The van der Waals surface area contributed by atoms with Gasteiger partial charge in [0, 0.05) is 6.61 Å². The first-order valence-corrected chi connectivity index (χ1v) is 7.04. The molecule has 0 fully saturated rings. The number of hydrogen-bond donors (Lipinski definition) is 1. The molecule has 2 rings (SSSR count). The second-order valence-electron chi connectivity index (χ2n) is 4.24. The zero-order valence-corrected chi connectivity index (χ0v) is 12.6. The van der Waals surface area contributed by atoms with E-state index in [4.69, 9.17) is 15.0 Å². The molecular weight excluding hydrogens is 329 g/mol. The highest BCUT2D eigenvalue weighted by Crippen LogP contribution is 2.29. The van der Waals surface area contributed by atoms with E-state index in [9.17, 15) is 4.39 Å². The molecule has 0 aliphatic heterocycles. The number of rotatable bonds is 6. The largest absolute Gasteiger partial charge is 0.379 e. The Hall–Kier alpha value is -1.31. The van der Waals surface area contributed by atoms with Gasteiger partial charge in [0.15, 0.2) is 5.82 Å². The van der Waals surface area contributed by atoms with Gasteiger partial charge in [0.25, 0.3) is 5.89 Å². The van der Waals surface area contributed by atoms with Gasteiger partial charge in [-0.25, -0.2) is 4.39 Å². The van der Waals surface area contributed by atoms with E-state index < -0.39 is 11.9 Å². The molecule has 1 aromatic carbocycles. The highest BCUT2D eigenvalue weighted by molar-refractivity contribution is 9.10. The molecule has 5 nitrogen and oxygen atoms in total. The molecule has 0 bridgehead atoms. The quantitative estimate of drug-likeness (QED) is 0.816. The molecule has 1 atom stereocenters. The minimum Gasteiger partial charge on any atom is -0.379 e. The summed E-state index contributed by atoms with van der Waals surface area (Å²) in [5.74, 6) is 0.169. The Morgan fingerprint density at radius 2 is 2.30 bits per heavy atom. The van der Waals surface area contributed by atoms with Crippen LogP contribution in [0, 0.1) is 5.82 Å². The maximum atomic E-state index is 13.5. The monoisotopic (exact) mass is 343 g/mol. The van der Waals surface area contributed by atoms with Crippen molar-refractivity contribution in [1.29, 1.82) is 0 Å². The van der Waals surface area contributed by atoms with Crippen LogP contribution < -0.4 is 5.73 Å². The first-order valence-electron chi connectivity index (χ1n) is 6.24. The summed E-state index contributed by atoms with van der Waals surface area (Å²) in [5, 5.41) is 3.81. The van der Waals surface area contributed by atoms with Crippen molar-refractivity contribution in [1.82, 2.24) is 10.1 Å². The highest BCUT2D eigenvalue weighted by atomic mass is 79.9. The van der Waals surface area contributed by atoms with Gasteiger partial charge in [-0.3, -0.25) is 0 Å². The number of nitrogens with two attached hydrogens (primary N) is 1. The van der Waals surface area contributed by atoms with Crippen LogP contribution in [0.3, 0.4) is 0 Å². The second-order valence-corrected chi connectivity index (χ2v) is 5.03. The van der Waals surface area contributed by atoms with Gasteiger partial charge in [-0.15, -0.1) is 0 Å². The zero-order chi connectivity index (χ0) is 14.5. The molecule has 108 valence electrons. The molecule has 1 aromatic heterocycles. The summed E-state index contributed by atoms with van der Waals surface area (Å²) >= 11 is 3.16. The Labute approximate surface area is 124 Å². The van der Waals surface area contributed by atoms with E-state index in [0.717, 1.165) is 6.42 Å². The molecule has 0 radical (unpaired) electrons. The van der Waals surface area contributed by atoms with Crippen LogP contribution in [0.2, 0.25) is 0 Å². The van der Waals surface area contributed by atoms with Crippen LogP contribution in [-0.2, 0) is 4.74 Å². The number of halogens is 2. The van der Waals surface area contributed by atoms with Crippen molar-refractivity contribution in [3.05, 3.63) is 34.3 Å². The lowest BCUT2D eigenvalue weighted by molar-refractivity contribution is 0.119. The van der Waals surface area contributed by atoms with E-state index in [1.807, 2.05) is 6.92 Å². The lowest BCUT2D eigenvalue weighted by Crippen LogP contribution is -2.18. The molecule has 1 unspecified atom stereocenters. The van der Waals surface area contributed by atoms with Crippen LogP contribution in [0.25, 0.3) is 11.5 Å². The van der Waals surface area contributed by atoms with E-state index in [1.165, 1.54) is 6.07 Å². The average molecular weight is 344 g/mol. The summed E-state index contributed by atoms with van der Waals surface area (Å²) in [7, 11) is 0. The summed E-state index contributed by atoms with van der Waals surface area (Å²) in [4.78, 5) is 4.18. The smallest absolute Gasteiger partial charge is 0.259 e. The van der Waals surface area contributed by atoms with Crippen LogP contribution in [0.15, 0.2) is 27.2 Å². The van der Waals surface area contributed by atoms with Crippen LogP contribution >= 0.6 is 15.9 Å². The summed E-state index contributed by atoms with van der Waals surface area (Å²) in [5.41, 5.74) is 6.39. The van der Waals surface area contributed by atoms with E-state index in [0.29, 0.717) is 24.6 Å². The fourth-order valence-corrected chi connectivity index (χ4v) is 2.03. The molecule has 7 heteroatoms. The van der Waals surface area contributed by atoms with Gasteiger partial charge in [0.1, 0.15) is 5.82 Å². The lowest BCUT2D eigenvalue weighted by atomic mass is 10.2. The molecule has 0 spiro atoms. The van der Waals surface area contributed by atoms with Gasteiger partial charge in [-0.2, -0.15) is 4.98 Å². The summed E-state index contributed by atoms with van der Waals surface area (Å²) in [6.45, 7) is 2.96. The summed E-state index contributed by atoms with van der Waals surface area (Å²) < 4.78 is 24.2. The predicted octanol–water partition coefficient (Wildman–Crippen LogP) is 3.06. The van der Waals surface area contributed by atoms with E-state index >= 15 is 0 Å². The van der Waals surface area contributed by atoms with Gasteiger partial charge in [0.2, 0.25) is 0 Å². The lowest BCUT2D eigenvalue weighted by Gasteiger charge is -2.06. The Bertz CT molecular complexity index is 576. The zero-order valence-electron chi connectivity index (χ0n) is 11.0. The SMILES string of the molecule is CCCOCC(N)c1noc(-c2cccc(F)c2Br)n1. The van der Waals surface area contributed by atoms with Gasteiger partial charge in [-0.05, 0) is 34.5 Å². The average Bonchev–Trinajstić information content (AvgIpc) is 2.91. The van der Waals surface area contributed by atoms with Crippen molar-refractivity contribution in [3.8, 4) is 11.5 Å². The normalized spacial score (nSPS) is 12.6. The van der Waals surface area contributed by atoms with Gasteiger partial charge in [-0.1, -0.05) is 18.1 Å². The molecule has 0 saturated heterocycles. The van der Waals surface area contributed by atoms with Gasteiger partial charge in [0.05, 0.1) is 22.7 Å². The summed E-state index contributed by atoms with van der Waals surface area (Å²) in [6, 6.07) is 4.13. The summed E-state index contributed by atoms with van der Waals surface area (Å²) in [6.07, 6.45) is 0.917. The van der Waals surface area contributed by atoms with Crippen LogP contribution in [0.4, 0.5) is 4.39 Å². The second kappa shape index (κ2) is 6.92. The molecule has 0 aliphatic carbocycles. The molecule has 20 heavy (non-hydrogen) atoms. The van der Waals surface area contributed by atoms with E-state index in [-0.39, 0.29) is 10.4 Å². The van der Waals surface area contributed by atoms with E-state index in [1.54, 1.807) is 12.1 Å². The molecule has 2 N–H and O–H groups in total. The van der Waals surface area contributed by atoms with Gasteiger partial charge >= 0.3 is 0 Å². The van der Waals surface area contributed by atoms with Crippen molar-refractivity contribution in [3.63, 3.8) is 0 Å². The Balaban J connectivity index is 2.14. The van der Waals surface area contributed by atoms with Crippen molar-refractivity contribution < 1.29 is 13.7 Å². The maximum absolute atomic E-state index is 13.5. The fourth-order valence-electron chi connectivity index (χ4n) is 1.59. The third-order valence-corrected chi connectivity index (χ3v) is 3.41. The third kappa shape index (κ3) is 3.41. The first kappa shape index (κ1) is 15.1. The molecular formula is C13H15BrFN3O2. The minimum absolute atomic E-state index is 0.220. The number of ether oxygens (including phenoxy) is 1. The van der Waals surface area contributed by atoms with Crippen molar-refractivity contribution in [2.45, 2.75) is 19.4 Å². The highest BCUT2D eigenvalue weighted by Gasteiger charge is 2.18. The number of benzene rings is 1. The number of hydrogen-bond acceptors (Lipinski definition) is 5. The van der Waals surface area contributed by atoms with Crippen LogP contribution in [0.5, 0.6) is 0 Å². The Morgan fingerprint density at radius 1 is 1.50 bits per heavy atom. The van der Waals surface area contributed by atoms with E-state index in [2.05, 4.69) is 26.1 Å². The molecule has 0 aliphatic rings. The first-order chi connectivity index (χ1) is 9.63. The van der Waals surface area contributed by atoms with Crippen molar-refractivity contribution >= 4 is 15.9 Å². The molecule has 0 saturated carbocycles. The Kier molecular flexibility index (Phi) is 5.22. The molecule has 1 heterocycles. The minimum atomic E-state index is -0.466. The third-order valence-electron chi connectivity index (χ3n) is 2.60. The maximum Gasteiger partial charge on any atom is 0.259 e. The Morgan fingerprint density at radius 3 is 3.05 bits per heavy atom. The standard InChI is InChI=1S/C13H15BrFN3O2/c1-2-6-19-7-10(16)12-17-13(20-18-12)8-4-3-5-9(15)11(8)14/h3-5,10H,2,6-7,16H2,1H3. The van der Waals surface area contributed by atoms with Crippen LogP contribution in [-0.4, -0.2) is 23.4 Å². The molecule has 0 amide bonds. The van der Waals surface area contributed by atoms with Crippen LogP contribution in [0.1, 0.15) is 25.2 Å². The topological polar surface area (TPSA) is 74.2 Å².